The highest BCUT2D eigenvalue weighted by Crippen LogP contribution is 2.30. The van der Waals surface area contributed by atoms with Crippen LogP contribution >= 0.6 is 23.2 Å². The maximum absolute atomic E-state index is 12.4. The second kappa shape index (κ2) is 10.7. The normalized spacial score (nSPS) is 12.0. The summed E-state index contributed by atoms with van der Waals surface area (Å²) in [5.41, 5.74) is 0.458. The van der Waals surface area contributed by atoms with Gasteiger partial charge in [0.05, 0.1) is 17.2 Å². The molecule has 30 heavy (non-hydrogen) atoms. The number of ether oxygens (including phenoxy) is 3. The smallest absolute Gasteiger partial charge is 0.387 e. The summed E-state index contributed by atoms with van der Waals surface area (Å²) >= 11 is 11.7. The van der Waals surface area contributed by atoms with Crippen LogP contribution < -0.4 is 14.8 Å². The molecule has 0 aliphatic heterocycles. The minimum absolute atomic E-state index is 0.0610. The van der Waals surface area contributed by atoms with Crippen LogP contribution in [0.3, 0.4) is 0 Å². The predicted octanol–water partition coefficient (Wildman–Crippen LogP) is 4.58. The summed E-state index contributed by atoms with van der Waals surface area (Å²) < 4.78 is 39.0. The molecule has 1 atom stereocenters. The number of pyridine rings is 1. The van der Waals surface area contributed by atoms with Crippen molar-refractivity contribution in [1.82, 2.24) is 4.98 Å². The van der Waals surface area contributed by atoms with Gasteiger partial charge in [-0.2, -0.15) is 8.78 Å². The summed E-state index contributed by atoms with van der Waals surface area (Å²) in [5, 5.41) is 2.85. The lowest BCUT2D eigenvalue weighted by atomic mass is 10.2. The van der Waals surface area contributed by atoms with Crippen LogP contribution in [0.4, 0.5) is 14.6 Å². The minimum Gasteiger partial charge on any atom is -0.493 e. The monoisotopic (exact) mass is 460 g/mol. The lowest BCUT2D eigenvalue weighted by Gasteiger charge is -2.12. The van der Waals surface area contributed by atoms with Crippen LogP contribution in [0.25, 0.3) is 6.08 Å². The molecule has 2 rings (SSSR count). The molecule has 0 bridgehead atoms. The number of esters is 1. The number of nitrogens with one attached hydrogen (secondary N) is 1. The van der Waals surface area contributed by atoms with Crippen molar-refractivity contribution >= 4 is 47.0 Å². The van der Waals surface area contributed by atoms with Gasteiger partial charge in [0.15, 0.2) is 23.4 Å². The van der Waals surface area contributed by atoms with E-state index in [-0.39, 0.29) is 22.3 Å². The highest BCUT2D eigenvalue weighted by Gasteiger charge is 2.18. The maximum Gasteiger partial charge on any atom is 0.387 e. The van der Waals surface area contributed by atoms with Crippen molar-refractivity contribution in [1.29, 1.82) is 0 Å². The highest BCUT2D eigenvalue weighted by atomic mass is 35.5. The molecule has 0 radical (unpaired) electrons. The van der Waals surface area contributed by atoms with Gasteiger partial charge in [0.1, 0.15) is 0 Å². The molecule has 7 nitrogen and oxygen atoms in total. The van der Waals surface area contributed by atoms with E-state index < -0.39 is 24.6 Å². The van der Waals surface area contributed by atoms with Crippen LogP contribution in [-0.2, 0) is 14.3 Å². The van der Waals surface area contributed by atoms with E-state index in [0.717, 1.165) is 6.08 Å². The zero-order valence-corrected chi connectivity index (χ0v) is 17.2. The van der Waals surface area contributed by atoms with Gasteiger partial charge >= 0.3 is 12.6 Å². The molecule has 0 aliphatic rings. The van der Waals surface area contributed by atoms with Crippen molar-refractivity contribution in [2.75, 3.05) is 12.4 Å². The van der Waals surface area contributed by atoms with Gasteiger partial charge in [-0.1, -0.05) is 29.3 Å². The summed E-state index contributed by atoms with van der Waals surface area (Å²) in [4.78, 5) is 28.0. The third-order valence-electron chi connectivity index (χ3n) is 3.53. The molecule has 11 heteroatoms. The fraction of sp³-hybridized carbons (Fsp3) is 0.211. The molecule has 0 saturated heterocycles. The Balaban J connectivity index is 1.97. The Morgan fingerprint density at radius 2 is 1.93 bits per heavy atom. The Hall–Kier alpha value is -2.91. The SMILES string of the molecule is COc1cc(C=CC(=O)OC(C)C(=O)Nc2ncc(Cl)cc2Cl)ccc1OC(F)F. The van der Waals surface area contributed by atoms with E-state index in [1.54, 1.807) is 0 Å². The number of carbonyl (C=O) groups excluding carboxylic acids is 2. The van der Waals surface area contributed by atoms with Gasteiger partial charge in [-0.15, -0.1) is 0 Å². The number of amides is 1. The zero-order valence-electron chi connectivity index (χ0n) is 15.7. The van der Waals surface area contributed by atoms with Gasteiger partial charge < -0.3 is 19.5 Å². The second-order valence-corrected chi connectivity index (χ2v) is 6.52. The summed E-state index contributed by atoms with van der Waals surface area (Å²) in [6.07, 6.45) is 2.58. The van der Waals surface area contributed by atoms with Crippen molar-refractivity contribution in [3.63, 3.8) is 0 Å². The van der Waals surface area contributed by atoms with Crippen LogP contribution in [0.2, 0.25) is 10.0 Å². The summed E-state index contributed by atoms with van der Waals surface area (Å²) in [6, 6.07) is 5.51. The van der Waals surface area contributed by atoms with Crippen molar-refractivity contribution < 1.29 is 32.6 Å². The summed E-state index contributed by atoms with van der Waals surface area (Å²) in [6.45, 7) is -1.63. The van der Waals surface area contributed by atoms with E-state index in [4.69, 9.17) is 32.7 Å². The van der Waals surface area contributed by atoms with E-state index in [9.17, 15) is 18.4 Å². The predicted molar refractivity (Wildman–Crippen MR) is 107 cm³/mol. The van der Waals surface area contributed by atoms with Gasteiger partial charge in [-0.05, 0) is 36.8 Å². The summed E-state index contributed by atoms with van der Waals surface area (Å²) in [5.74, 6) is -1.47. The van der Waals surface area contributed by atoms with Crippen LogP contribution in [-0.4, -0.2) is 36.7 Å². The van der Waals surface area contributed by atoms with E-state index >= 15 is 0 Å². The number of halogens is 4. The lowest BCUT2D eigenvalue weighted by Crippen LogP contribution is -2.29. The summed E-state index contributed by atoms with van der Waals surface area (Å²) in [7, 11) is 1.29. The standard InChI is InChI=1S/C19H16Cl2F2N2O5/c1-10(18(27)25-17-13(21)8-12(20)9-24-17)29-16(26)6-4-11-3-5-14(30-19(22)23)15(7-11)28-2/h3-10,19H,1-2H3,(H,24,25,27). The number of hydrogen-bond acceptors (Lipinski definition) is 6. The molecule has 0 saturated carbocycles. The first-order chi connectivity index (χ1) is 14.2. The average molecular weight is 461 g/mol. The largest absolute Gasteiger partial charge is 0.493 e. The zero-order chi connectivity index (χ0) is 22.3. The maximum atomic E-state index is 12.4. The molecular weight excluding hydrogens is 445 g/mol. The molecule has 160 valence electrons. The fourth-order valence-corrected chi connectivity index (χ4v) is 2.56. The van der Waals surface area contributed by atoms with Crippen molar-refractivity contribution in [3.8, 4) is 11.5 Å². The molecule has 1 N–H and O–H groups in total. The van der Waals surface area contributed by atoms with Gasteiger partial charge in [-0.25, -0.2) is 9.78 Å². The number of methoxy groups -OCH3 is 1. The molecule has 0 fully saturated rings. The topological polar surface area (TPSA) is 86.8 Å². The van der Waals surface area contributed by atoms with Crippen LogP contribution in [0.15, 0.2) is 36.5 Å². The Morgan fingerprint density at radius 1 is 1.20 bits per heavy atom. The Bertz CT molecular complexity index is 957. The molecule has 2 aromatic rings. The number of benzene rings is 1. The molecule has 0 aliphatic carbocycles. The molecule has 0 spiro atoms. The van der Waals surface area contributed by atoms with Crippen LogP contribution in [0.1, 0.15) is 12.5 Å². The van der Waals surface area contributed by atoms with E-state index in [1.807, 2.05) is 0 Å². The number of alkyl halides is 2. The van der Waals surface area contributed by atoms with Gasteiger partial charge in [0.2, 0.25) is 0 Å². The molecular formula is C19H16Cl2F2N2O5. The average Bonchev–Trinajstić information content (AvgIpc) is 2.68. The van der Waals surface area contributed by atoms with E-state index in [0.29, 0.717) is 10.6 Å². The van der Waals surface area contributed by atoms with Gasteiger partial charge in [0, 0.05) is 12.3 Å². The van der Waals surface area contributed by atoms with Gasteiger partial charge in [-0.3, -0.25) is 4.79 Å². The van der Waals surface area contributed by atoms with Crippen LogP contribution in [0.5, 0.6) is 11.5 Å². The highest BCUT2D eigenvalue weighted by molar-refractivity contribution is 6.36. The number of anilines is 1. The quantitative estimate of drug-likeness (QED) is 0.458. The number of nitrogens with zero attached hydrogens (tertiary/aromatic N) is 1. The van der Waals surface area contributed by atoms with Crippen molar-refractivity contribution in [2.45, 2.75) is 19.6 Å². The van der Waals surface area contributed by atoms with E-state index in [1.165, 1.54) is 50.6 Å². The Morgan fingerprint density at radius 3 is 2.57 bits per heavy atom. The first kappa shape index (κ1) is 23.4. The minimum atomic E-state index is -3.00. The first-order valence-electron chi connectivity index (χ1n) is 8.33. The van der Waals surface area contributed by atoms with Crippen molar-refractivity contribution in [2.24, 2.45) is 0 Å². The van der Waals surface area contributed by atoms with Crippen LogP contribution in [0, 0.1) is 0 Å². The van der Waals surface area contributed by atoms with Gasteiger partial charge in [0.25, 0.3) is 5.91 Å². The fourth-order valence-electron chi connectivity index (χ4n) is 2.14. The number of carbonyl (C=O) groups is 2. The molecule has 1 heterocycles. The molecule has 1 unspecified atom stereocenters. The molecule has 1 aromatic heterocycles. The third-order valence-corrected chi connectivity index (χ3v) is 4.02. The molecule has 1 amide bonds. The van der Waals surface area contributed by atoms with Crippen molar-refractivity contribution in [3.05, 3.63) is 52.1 Å². The number of hydrogen-bond donors (Lipinski definition) is 1. The van der Waals surface area contributed by atoms with E-state index in [2.05, 4.69) is 15.0 Å². The third kappa shape index (κ3) is 6.85. The number of aromatic nitrogens is 1. The number of rotatable bonds is 8. The molecule has 1 aromatic carbocycles. The Labute approximate surface area is 180 Å². The first-order valence-corrected chi connectivity index (χ1v) is 9.08. The second-order valence-electron chi connectivity index (χ2n) is 5.67. The Kier molecular flexibility index (Phi) is 8.37. The lowest BCUT2D eigenvalue weighted by molar-refractivity contribution is -0.148.